The Bertz CT molecular complexity index is 651. The standard InChI is InChI=1S/C17H18FN3O/c18-16-6-4-13(5-7-16)14-10-15(12-19-11-14)17(22)20-21-8-2-1-3-9-21/h4-7,10-12H,1-3,8-9H2,(H,20,22). The highest BCUT2D eigenvalue weighted by atomic mass is 19.1. The van der Waals surface area contributed by atoms with Gasteiger partial charge in [-0.05, 0) is 36.6 Å². The third kappa shape index (κ3) is 3.49. The van der Waals surface area contributed by atoms with E-state index < -0.39 is 0 Å². The Morgan fingerprint density at radius 3 is 2.50 bits per heavy atom. The summed E-state index contributed by atoms with van der Waals surface area (Å²) in [7, 11) is 0. The zero-order valence-electron chi connectivity index (χ0n) is 12.3. The average Bonchev–Trinajstić information content (AvgIpc) is 2.56. The fourth-order valence-electron chi connectivity index (χ4n) is 2.58. The second-order valence-corrected chi connectivity index (χ2v) is 5.46. The van der Waals surface area contributed by atoms with Crippen molar-refractivity contribution in [2.24, 2.45) is 0 Å². The third-order valence-corrected chi connectivity index (χ3v) is 3.79. The molecule has 0 aliphatic carbocycles. The summed E-state index contributed by atoms with van der Waals surface area (Å²) >= 11 is 0. The number of halogens is 1. The van der Waals surface area contributed by atoms with Gasteiger partial charge in [-0.15, -0.1) is 0 Å². The highest BCUT2D eigenvalue weighted by molar-refractivity contribution is 5.94. The topological polar surface area (TPSA) is 45.2 Å². The lowest BCUT2D eigenvalue weighted by atomic mass is 10.1. The first-order valence-electron chi connectivity index (χ1n) is 7.49. The normalized spacial score (nSPS) is 15.5. The smallest absolute Gasteiger partial charge is 0.267 e. The number of carbonyl (C=O) groups excluding carboxylic acids is 1. The van der Waals surface area contributed by atoms with Crippen molar-refractivity contribution in [3.63, 3.8) is 0 Å². The number of rotatable bonds is 3. The summed E-state index contributed by atoms with van der Waals surface area (Å²) in [5.74, 6) is -0.436. The minimum atomic E-state index is -0.282. The minimum absolute atomic E-state index is 0.154. The largest absolute Gasteiger partial charge is 0.285 e. The molecule has 0 saturated carbocycles. The van der Waals surface area contributed by atoms with Gasteiger partial charge in [0.1, 0.15) is 5.82 Å². The lowest BCUT2D eigenvalue weighted by Crippen LogP contribution is -2.45. The predicted octanol–water partition coefficient (Wildman–Crippen LogP) is 3.02. The summed E-state index contributed by atoms with van der Waals surface area (Å²) in [4.78, 5) is 16.4. The molecule has 1 amide bonds. The molecule has 1 aromatic heterocycles. The van der Waals surface area contributed by atoms with E-state index in [1.54, 1.807) is 30.6 Å². The van der Waals surface area contributed by atoms with Gasteiger partial charge in [0.15, 0.2) is 0 Å². The first-order valence-corrected chi connectivity index (χ1v) is 7.49. The number of hydrogen-bond donors (Lipinski definition) is 1. The van der Waals surface area contributed by atoms with Crippen molar-refractivity contribution in [1.82, 2.24) is 15.4 Å². The second-order valence-electron chi connectivity index (χ2n) is 5.46. The maximum absolute atomic E-state index is 13.0. The Kier molecular flexibility index (Phi) is 4.44. The number of pyridine rings is 1. The predicted molar refractivity (Wildman–Crippen MR) is 82.5 cm³/mol. The molecule has 0 radical (unpaired) electrons. The van der Waals surface area contributed by atoms with Crippen molar-refractivity contribution in [3.05, 3.63) is 54.1 Å². The van der Waals surface area contributed by atoms with Crippen LogP contribution in [0.4, 0.5) is 4.39 Å². The van der Waals surface area contributed by atoms with Crippen LogP contribution in [0.25, 0.3) is 11.1 Å². The van der Waals surface area contributed by atoms with Crippen LogP contribution in [-0.4, -0.2) is 29.0 Å². The molecule has 0 unspecified atom stereocenters. The van der Waals surface area contributed by atoms with Crippen LogP contribution in [0.1, 0.15) is 29.6 Å². The molecule has 1 saturated heterocycles. The monoisotopic (exact) mass is 299 g/mol. The van der Waals surface area contributed by atoms with Gasteiger partial charge in [0, 0.05) is 31.0 Å². The number of piperidine rings is 1. The number of benzene rings is 1. The van der Waals surface area contributed by atoms with Gasteiger partial charge < -0.3 is 0 Å². The lowest BCUT2D eigenvalue weighted by molar-refractivity contribution is 0.0749. The Morgan fingerprint density at radius 1 is 1.05 bits per heavy atom. The Labute approximate surface area is 128 Å². The molecule has 2 heterocycles. The first-order chi connectivity index (χ1) is 10.7. The van der Waals surface area contributed by atoms with Gasteiger partial charge in [-0.25, -0.2) is 9.40 Å². The molecule has 0 spiro atoms. The second kappa shape index (κ2) is 6.66. The summed E-state index contributed by atoms with van der Waals surface area (Å²) in [6, 6.07) is 7.93. The summed E-state index contributed by atoms with van der Waals surface area (Å²) in [6.07, 6.45) is 6.65. The van der Waals surface area contributed by atoms with E-state index in [0.29, 0.717) is 5.56 Å². The van der Waals surface area contributed by atoms with Crippen molar-refractivity contribution in [1.29, 1.82) is 0 Å². The highest BCUT2D eigenvalue weighted by Crippen LogP contribution is 2.19. The van der Waals surface area contributed by atoms with E-state index in [1.807, 2.05) is 5.01 Å². The van der Waals surface area contributed by atoms with Crippen LogP contribution in [0, 0.1) is 5.82 Å². The summed E-state index contributed by atoms with van der Waals surface area (Å²) in [6.45, 7) is 1.77. The molecule has 1 aromatic carbocycles. The number of hydrazine groups is 1. The lowest BCUT2D eigenvalue weighted by Gasteiger charge is -2.26. The van der Waals surface area contributed by atoms with E-state index >= 15 is 0 Å². The SMILES string of the molecule is O=C(NN1CCCCC1)c1cncc(-c2ccc(F)cc2)c1. The highest BCUT2D eigenvalue weighted by Gasteiger charge is 2.14. The maximum atomic E-state index is 13.0. The summed E-state index contributed by atoms with van der Waals surface area (Å²) < 4.78 is 13.0. The Balaban J connectivity index is 1.75. The van der Waals surface area contributed by atoms with Gasteiger partial charge in [-0.2, -0.15) is 0 Å². The van der Waals surface area contributed by atoms with Gasteiger partial charge in [0.05, 0.1) is 5.56 Å². The molecule has 22 heavy (non-hydrogen) atoms. The minimum Gasteiger partial charge on any atom is -0.285 e. The number of aromatic nitrogens is 1. The molecule has 3 rings (SSSR count). The van der Waals surface area contributed by atoms with Crippen LogP contribution in [0.15, 0.2) is 42.7 Å². The van der Waals surface area contributed by atoms with Gasteiger partial charge in [0.2, 0.25) is 0 Å². The molecule has 5 heteroatoms. The van der Waals surface area contributed by atoms with Crippen molar-refractivity contribution in [2.75, 3.05) is 13.1 Å². The van der Waals surface area contributed by atoms with E-state index in [-0.39, 0.29) is 11.7 Å². The molecular weight excluding hydrogens is 281 g/mol. The fraction of sp³-hybridized carbons (Fsp3) is 0.294. The number of carbonyl (C=O) groups is 1. The van der Waals surface area contributed by atoms with E-state index in [2.05, 4.69) is 10.4 Å². The van der Waals surface area contributed by atoms with E-state index in [4.69, 9.17) is 0 Å². The molecule has 2 aromatic rings. The van der Waals surface area contributed by atoms with E-state index in [9.17, 15) is 9.18 Å². The number of nitrogens with zero attached hydrogens (tertiary/aromatic N) is 2. The maximum Gasteiger partial charge on any atom is 0.267 e. The molecular formula is C17H18FN3O. The molecule has 0 atom stereocenters. The molecule has 114 valence electrons. The zero-order chi connectivity index (χ0) is 15.4. The average molecular weight is 299 g/mol. The quantitative estimate of drug-likeness (QED) is 0.947. The number of amides is 1. The zero-order valence-corrected chi connectivity index (χ0v) is 12.3. The van der Waals surface area contributed by atoms with Crippen LogP contribution in [0.5, 0.6) is 0 Å². The van der Waals surface area contributed by atoms with Crippen LogP contribution >= 0.6 is 0 Å². The number of hydrogen-bond acceptors (Lipinski definition) is 3. The van der Waals surface area contributed by atoms with Crippen molar-refractivity contribution in [2.45, 2.75) is 19.3 Å². The van der Waals surface area contributed by atoms with Gasteiger partial charge in [-0.1, -0.05) is 18.6 Å². The van der Waals surface area contributed by atoms with Crippen molar-refractivity contribution < 1.29 is 9.18 Å². The van der Waals surface area contributed by atoms with Gasteiger partial charge in [0.25, 0.3) is 5.91 Å². The fourth-order valence-corrected chi connectivity index (χ4v) is 2.58. The molecule has 1 N–H and O–H groups in total. The van der Waals surface area contributed by atoms with Gasteiger partial charge >= 0.3 is 0 Å². The van der Waals surface area contributed by atoms with Crippen molar-refractivity contribution >= 4 is 5.91 Å². The van der Waals surface area contributed by atoms with Crippen molar-refractivity contribution in [3.8, 4) is 11.1 Å². The third-order valence-electron chi connectivity index (χ3n) is 3.79. The van der Waals surface area contributed by atoms with Gasteiger partial charge in [-0.3, -0.25) is 15.2 Å². The van der Waals surface area contributed by atoms with Crippen LogP contribution in [0.2, 0.25) is 0 Å². The first kappa shape index (κ1) is 14.7. The van der Waals surface area contributed by atoms with E-state index in [0.717, 1.165) is 37.1 Å². The number of nitrogens with one attached hydrogen (secondary N) is 1. The molecule has 1 fully saturated rings. The van der Waals surface area contributed by atoms with Crippen LogP contribution < -0.4 is 5.43 Å². The summed E-state index contributed by atoms with van der Waals surface area (Å²) in [5.41, 5.74) is 5.06. The molecule has 1 aliphatic heterocycles. The molecule has 1 aliphatic rings. The Hall–Kier alpha value is -2.27. The molecule has 4 nitrogen and oxygen atoms in total. The van der Waals surface area contributed by atoms with Crippen LogP contribution in [0.3, 0.4) is 0 Å². The molecule has 0 bridgehead atoms. The summed E-state index contributed by atoms with van der Waals surface area (Å²) in [5, 5.41) is 1.95. The Morgan fingerprint density at radius 2 is 1.77 bits per heavy atom. The van der Waals surface area contributed by atoms with E-state index in [1.165, 1.54) is 18.6 Å². The van der Waals surface area contributed by atoms with Crippen LogP contribution in [-0.2, 0) is 0 Å².